The molecule has 0 atom stereocenters. The van der Waals surface area contributed by atoms with Crippen molar-refractivity contribution in [3.8, 4) is 17.1 Å². The summed E-state index contributed by atoms with van der Waals surface area (Å²) in [5.74, 6) is 0.226. The first-order valence-corrected chi connectivity index (χ1v) is 10.2. The first-order valence-electron chi connectivity index (χ1n) is 10.2. The van der Waals surface area contributed by atoms with Gasteiger partial charge >= 0.3 is 6.18 Å². The van der Waals surface area contributed by atoms with E-state index in [1.807, 2.05) is 6.07 Å². The van der Waals surface area contributed by atoms with Gasteiger partial charge in [-0.2, -0.15) is 18.3 Å². The number of tetrazole rings is 1. The van der Waals surface area contributed by atoms with Gasteiger partial charge in [-0.15, -0.1) is 5.10 Å². The Morgan fingerprint density at radius 3 is 2.61 bits per heavy atom. The second-order valence-electron chi connectivity index (χ2n) is 7.84. The van der Waals surface area contributed by atoms with Crippen LogP contribution in [-0.4, -0.2) is 35.9 Å². The number of hydrogen-bond acceptors (Lipinski definition) is 5. The van der Waals surface area contributed by atoms with Crippen molar-refractivity contribution >= 4 is 11.6 Å². The highest BCUT2D eigenvalue weighted by molar-refractivity contribution is 6.05. The fourth-order valence-electron chi connectivity index (χ4n) is 3.71. The zero-order chi connectivity index (χ0) is 23.2. The van der Waals surface area contributed by atoms with Crippen LogP contribution < -0.4 is 5.32 Å². The summed E-state index contributed by atoms with van der Waals surface area (Å²) in [6, 6.07) is 12.0. The van der Waals surface area contributed by atoms with Crippen molar-refractivity contribution in [1.82, 2.24) is 30.0 Å². The average molecular weight is 453 g/mol. The van der Waals surface area contributed by atoms with E-state index in [0.29, 0.717) is 22.8 Å². The Morgan fingerprint density at radius 1 is 1.12 bits per heavy atom. The molecule has 1 aliphatic carbocycles. The zero-order valence-corrected chi connectivity index (χ0v) is 17.4. The maximum atomic E-state index is 13.2. The summed E-state index contributed by atoms with van der Waals surface area (Å²) in [7, 11) is 1.71. The van der Waals surface area contributed by atoms with Crippen molar-refractivity contribution in [3.63, 3.8) is 0 Å². The number of carbonyl (C=O) groups excluding carboxylic acids is 1. The van der Waals surface area contributed by atoms with Crippen LogP contribution >= 0.6 is 0 Å². The predicted molar refractivity (Wildman–Crippen MR) is 113 cm³/mol. The van der Waals surface area contributed by atoms with Crippen molar-refractivity contribution < 1.29 is 18.0 Å². The molecule has 11 heteroatoms. The maximum Gasteiger partial charge on any atom is 0.416 e. The Hall–Kier alpha value is -4.02. The summed E-state index contributed by atoms with van der Waals surface area (Å²) >= 11 is 0. The van der Waals surface area contributed by atoms with Gasteiger partial charge in [-0.05, 0) is 53.6 Å². The molecule has 0 saturated heterocycles. The third kappa shape index (κ3) is 4.09. The van der Waals surface area contributed by atoms with Crippen molar-refractivity contribution in [3.05, 3.63) is 71.5 Å². The molecule has 168 valence electrons. The SMILES string of the molecule is Cn1nnnc1-c1cccc(NC(=O)c2cnn(-c3cccc(C(F)(F)F)c3)c2C2CC2)c1. The van der Waals surface area contributed by atoms with Crippen LogP contribution in [-0.2, 0) is 13.2 Å². The molecule has 8 nitrogen and oxygen atoms in total. The molecular formula is C22H18F3N7O. The molecule has 1 fully saturated rings. The van der Waals surface area contributed by atoms with Gasteiger partial charge in [0.1, 0.15) is 0 Å². The van der Waals surface area contributed by atoms with Crippen molar-refractivity contribution in [2.24, 2.45) is 7.05 Å². The van der Waals surface area contributed by atoms with Crippen LogP contribution in [0.25, 0.3) is 17.1 Å². The van der Waals surface area contributed by atoms with Gasteiger partial charge < -0.3 is 5.32 Å². The number of benzene rings is 2. The first kappa shape index (κ1) is 20.9. The fourth-order valence-corrected chi connectivity index (χ4v) is 3.71. The molecular weight excluding hydrogens is 435 g/mol. The molecule has 33 heavy (non-hydrogen) atoms. The van der Waals surface area contributed by atoms with Crippen LogP contribution in [0.2, 0.25) is 0 Å². The molecule has 1 N–H and O–H groups in total. The second kappa shape index (κ2) is 7.84. The minimum atomic E-state index is -4.47. The van der Waals surface area contributed by atoms with E-state index in [0.717, 1.165) is 30.5 Å². The normalized spacial score (nSPS) is 13.8. The molecule has 2 aromatic heterocycles. The van der Waals surface area contributed by atoms with Gasteiger partial charge in [0, 0.05) is 24.2 Å². The minimum Gasteiger partial charge on any atom is -0.322 e. The number of amides is 1. The van der Waals surface area contributed by atoms with Crippen LogP contribution in [0.15, 0.2) is 54.7 Å². The maximum absolute atomic E-state index is 13.2. The molecule has 0 unspecified atom stereocenters. The van der Waals surface area contributed by atoms with E-state index >= 15 is 0 Å². The number of nitrogens with one attached hydrogen (secondary N) is 1. The lowest BCUT2D eigenvalue weighted by Gasteiger charge is -2.12. The molecule has 0 bridgehead atoms. The van der Waals surface area contributed by atoms with E-state index in [1.165, 1.54) is 21.6 Å². The third-order valence-corrected chi connectivity index (χ3v) is 5.43. The summed E-state index contributed by atoms with van der Waals surface area (Å²) in [6.07, 6.45) is -1.37. The zero-order valence-electron chi connectivity index (χ0n) is 17.4. The number of anilines is 1. The standard InChI is InChI=1S/C22H18F3N7O/c1-31-20(28-29-30-31)14-4-2-6-16(10-14)27-21(33)18-12-26-32(19(18)13-8-9-13)17-7-3-5-15(11-17)22(23,24)25/h2-7,10-13H,8-9H2,1H3,(H,27,33). The van der Waals surface area contributed by atoms with Gasteiger partial charge in [-0.25, -0.2) is 9.36 Å². The highest BCUT2D eigenvalue weighted by Crippen LogP contribution is 2.43. The highest BCUT2D eigenvalue weighted by Gasteiger charge is 2.34. The van der Waals surface area contributed by atoms with E-state index in [4.69, 9.17) is 0 Å². The third-order valence-electron chi connectivity index (χ3n) is 5.43. The largest absolute Gasteiger partial charge is 0.416 e. The Bertz CT molecular complexity index is 1340. The molecule has 5 rings (SSSR count). The molecule has 0 spiro atoms. The lowest BCUT2D eigenvalue weighted by atomic mass is 10.1. The number of halogens is 3. The van der Waals surface area contributed by atoms with E-state index in [-0.39, 0.29) is 17.5 Å². The Kier molecular flexibility index (Phi) is 4.95. The van der Waals surface area contributed by atoms with Gasteiger partial charge in [0.15, 0.2) is 5.82 Å². The van der Waals surface area contributed by atoms with Crippen molar-refractivity contribution in [2.75, 3.05) is 5.32 Å². The van der Waals surface area contributed by atoms with Gasteiger partial charge in [-0.1, -0.05) is 18.2 Å². The molecule has 2 heterocycles. The number of aryl methyl sites for hydroxylation is 1. The fraction of sp³-hybridized carbons (Fsp3) is 0.227. The number of hydrogen-bond donors (Lipinski definition) is 1. The second-order valence-corrected chi connectivity index (χ2v) is 7.84. The first-order chi connectivity index (χ1) is 15.8. The van der Waals surface area contributed by atoms with E-state index < -0.39 is 11.7 Å². The van der Waals surface area contributed by atoms with Gasteiger partial charge in [0.05, 0.1) is 28.7 Å². The molecule has 0 radical (unpaired) electrons. The van der Waals surface area contributed by atoms with Gasteiger partial charge in [-0.3, -0.25) is 4.79 Å². The number of rotatable bonds is 5. The van der Waals surface area contributed by atoms with E-state index in [9.17, 15) is 18.0 Å². The molecule has 0 aliphatic heterocycles. The molecule has 1 aliphatic rings. The topological polar surface area (TPSA) is 90.5 Å². The summed E-state index contributed by atoms with van der Waals surface area (Å²) in [6.45, 7) is 0. The summed E-state index contributed by atoms with van der Waals surface area (Å²) in [4.78, 5) is 13.1. The Morgan fingerprint density at radius 2 is 1.91 bits per heavy atom. The summed E-state index contributed by atoms with van der Waals surface area (Å²) < 4.78 is 42.5. The van der Waals surface area contributed by atoms with E-state index in [2.05, 4.69) is 25.9 Å². The molecule has 2 aromatic carbocycles. The summed E-state index contributed by atoms with van der Waals surface area (Å²) in [5.41, 5.74) is 1.71. The number of alkyl halides is 3. The van der Waals surface area contributed by atoms with Crippen molar-refractivity contribution in [2.45, 2.75) is 24.9 Å². The van der Waals surface area contributed by atoms with Gasteiger partial charge in [0.2, 0.25) is 0 Å². The predicted octanol–water partition coefficient (Wildman–Crippen LogP) is 4.21. The average Bonchev–Trinajstić information content (AvgIpc) is 3.37. The Balaban J connectivity index is 1.46. The van der Waals surface area contributed by atoms with Gasteiger partial charge in [0.25, 0.3) is 5.91 Å². The highest BCUT2D eigenvalue weighted by atomic mass is 19.4. The van der Waals surface area contributed by atoms with Crippen LogP contribution in [0, 0.1) is 0 Å². The number of aromatic nitrogens is 6. The minimum absolute atomic E-state index is 0.0684. The van der Waals surface area contributed by atoms with Crippen LogP contribution in [0.3, 0.4) is 0 Å². The lowest BCUT2D eigenvalue weighted by Crippen LogP contribution is -2.14. The lowest BCUT2D eigenvalue weighted by molar-refractivity contribution is -0.137. The van der Waals surface area contributed by atoms with E-state index in [1.54, 1.807) is 31.3 Å². The number of carbonyl (C=O) groups is 1. The van der Waals surface area contributed by atoms with Crippen LogP contribution in [0.5, 0.6) is 0 Å². The molecule has 1 saturated carbocycles. The van der Waals surface area contributed by atoms with Crippen LogP contribution in [0.4, 0.5) is 18.9 Å². The Labute approximate surface area is 186 Å². The summed E-state index contributed by atoms with van der Waals surface area (Å²) in [5, 5.41) is 18.5. The monoisotopic (exact) mass is 453 g/mol. The molecule has 1 amide bonds. The van der Waals surface area contributed by atoms with Crippen LogP contribution in [0.1, 0.15) is 40.4 Å². The quantitative estimate of drug-likeness (QED) is 0.489. The number of nitrogens with zero attached hydrogens (tertiary/aromatic N) is 6. The smallest absolute Gasteiger partial charge is 0.322 e. The van der Waals surface area contributed by atoms with Crippen molar-refractivity contribution in [1.29, 1.82) is 0 Å². The molecule has 4 aromatic rings.